The monoisotopic (exact) mass is 450 g/mol. The van der Waals surface area contributed by atoms with E-state index in [0.717, 1.165) is 5.39 Å². The van der Waals surface area contributed by atoms with Gasteiger partial charge in [0.1, 0.15) is 4.90 Å². The van der Waals surface area contributed by atoms with Crippen molar-refractivity contribution in [2.75, 3.05) is 26.2 Å². The fourth-order valence-electron chi connectivity index (χ4n) is 4.07. The summed E-state index contributed by atoms with van der Waals surface area (Å²) in [6.45, 7) is 15.0. The summed E-state index contributed by atoms with van der Waals surface area (Å²) in [4.78, 5) is -0.0457. The van der Waals surface area contributed by atoms with Crippen molar-refractivity contribution in [3.8, 4) is 0 Å². The quantitative estimate of drug-likeness (QED) is 0.262. The molecule has 0 aliphatic heterocycles. The van der Waals surface area contributed by atoms with Crippen LogP contribution >= 0.6 is 0 Å². The van der Waals surface area contributed by atoms with Crippen LogP contribution in [-0.2, 0) is 10.1 Å². The molecule has 0 heterocycles. The van der Waals surface area contributed by atoms with Gasteiger partial charge in [-0.2, -0.15) is 8.42 Å². The third-order valence-electron chi connectivity index (χ3n) is 5.97. The molecule has 2 aromatic carbocycles. The van der Waals surface area contributed by atoms with E-state index >= 15 is 0 Å². The number of unbranched alkanes of at least 4 members (excludes halogenated alkanes) is 4. The molecule has 4 nitrogen and oxygen atoms in total. The molecule has 0 saturated heterocycles. The lowest BCUT2D eigenvalue weighted by atomic mass is 10.1. The molecule has 0 aliphatic carbocycles. The third kappa shape index (κ3) is 9.71. The van der Waals surface area contributed by atoms with Crippen LogP contribution < -0.4 is 0 Å². The maximum Gasteiger partial charge on any atom is 0.295 e. The minimum Gasteiger partial charge on any atom is -0.324 e. The van der Waals surface area contributed by atoms with Gasteiger partial charge in [0.2, 0.25) is 0 Å². The van der Waals surface area contributed by atoms with E-state index in [1.54, 1.807) is 30.3 Å². The number of hydrogen-bond donors (Lipinski definition) is 1. The van der Waals surface area contributed by atoms with Gasteiger partial charge in [-0.3, -0.25) is 4.55 Å². The third-order valence-corrected chi connectivity index (χ3v) is 6.88. The number of rotatable bonds is 13. The highest BCUT2D eigenvalue weighted by Crippen LogP contribution is 2.22. The molecular weight excluding hydrogens is 406 g/mol. The van der Waals surface area contributed by atoms with E-state index < -0.39 is 10.1 Å². The fraction of sp³-hybridized carbons (Fsp3) is 0.615. The van der Waals surface area contributed by atoms with Gasteiger partial charge in [-0.15, -0.1) is 0 Å². The molecule has 0 radical (unpaired) electrons. The molecule has 2 aromatic rings. The summed E-state index contributed by atoms with van der Waals surface area (Å²) in [6, 6.07) is 11.8. The van der Waals surface area contributed by atoms with Crippen LogP contribution in [0.25, 0.3) is 10.8 Å². The maximum atomic E-state index is 11.0. The van der Waals surface area contributed by atoms with E-state index in [2.05, 4.69) is 27.7 Å². The van der Waals surface area contributed by atoms with E-state index in [0.29, 0.717) is 5.39 Å². The molecule has 5 heteroatoms. The Bertz CT molecular complexity index is 806. The summed E-state index contributed by atoms with van der Waals surface area (Å²) < 4.78 is 32.4. The summed E-state index contributed by atoms with van der Waals surface area (Å²) in [5.41, 5.74) is 0. The predicted molar refractivity (Wildman–Crippen MR) is 133 cm³/mol. The second kappa shape index (κ2) is 14.6. The number of fused-ring (bicyclic) bond motifs is 1. The van der Waals surface area contributed by atoms with E-state index in [-0.39, 0.29) is 4.90 Å². The first-order valence-electron chi connectivity index (χ1n) is 12.1. The normalized spacial score (nSPS) is 11.9. The molecular formula is C26H44NO3S+. The minimum absolute atomic E-state index is 0.0457. The number of nitrogens with zero attached hydrogens (tertiary/aromatic N) is 1. The van der Waals surface area contributed by atoms with Gasteiger partial charge in [0.15, 0.2) is 0 Å². The summed E-state index contributed by atoms with van der Waals surface area (Å²) in [7, 11) is -4.13. The van der Waals surface area contributed by atoms with Gasteiger partial charge >= 0.3 is 0 Å². The van der Waals surface area contributed by atoms with Gasteiger partial charge < -0.3 is 4.48 Å². The second-order valence-corrected chi connectivity index (χ2v) is 9.99. The highest BCUT2D eigenvalue weighted by atomic mass is 32.2. The summed E-state index contributed by atoms with van der Waals surface area (Å²) in [5.74, 6) is 0. The zero-order valence-corrected chi connectivity index (χ0v) is 21.0. The maximum absolute atomic E-state index is 11.0. The van der Waals surface area contributed by atoms with Crippen molar-refractivity contribution in [1.29, 1.82) is 0 Å². The summed E-state index contributed by atoms with van der Waals surface area (Å²) >= 11 is 0. The number of hydrogen-bond acceptors (Lipinski definition) is 2. The van der Waals surface area contributed by atoms with Gasteiger partial charge in [-0.05, 0) is 37.1 Å². The molecule has 1 N–H and O–H groups in total. The molecule has 0 bridgehead atoms. The van der Waals surface area contributed by atoms with E-state index in [9.17, 15) is 8.42 Å². The molecule has 0 atom stereocenters. The summed E-state index contributed by atoms with van der Waals surface area (Å²) in [6.07, 6.45) is 11.1. The smallest absolute Gasteiger partial charge is 0.295 e. The molecule has 0 amide bonds. The standard InChI is InChI=1S/C16H36N.C10H8O3S/c1-5-9-13-17(14-10-6-2,15-11-7-3)16-12-8-4;11-14(12,13)10-7-3-5-8-4-1-2-6-9(8)10/h5-16H2,1-4H3;1-7H,(H,11,12,13)/q+1;. The number of quaternary nitrogens is 1. The largest absolute Gasteiger partial charge is 0.324 e. The fourth-order valence-corrected chi connectivity index (χ4v) is 4.78. The van der Waals surface area contributed by atoms with E-state index in [1.807, 2.05) is 6.07 Å². The first kappa shape index (κ1) is 27.6. The zero-order valence-electron chi connectivity index (χ0n) is 20.1. The van der Waals surface area contributed by atoms with Crippen LogP contribution in [0.1, 0.15) is 79.1 Å². The second-order valence-electron chi connectivity index (χ2n) is 8.60. The van der Waals surface area contributed by atoms with Crippen molar-refractivity contribution in [3.05, 3.63) is 42.5 Å². The van der Waals surface area contributed by atoms with Crippen molar-refractivity contribution in [2.45, 2.75) is 84.0 Å². The average molecular weight is 451 g/mol. The van der Waals surface area contributed by atoms with Gasteiger partial charge in [0.05, 0.1) is 26.2 Å². The van der Waals surface area contributed by atoms with Crippen LogP contribution in [0.15, 0.2) is 47.4 Å². The minimum atomic E-state index is -4.13. The average Bonchev–Trinajstić information content (AvgIpc) is 2.77. The van der Waals surface area contributed by atoms with Crippen molar-refractivity contribution >= 4 is 20.9 Å². The Hall–Kier alpha value is -1.43. The highest BCUT2D eigenvalue weighted by Gasteiger charge is 2.24. The first-order valence-corrected chi connectivity index (χ1v) is 13.6. The predicted octanol–water partition coefficient (Wildman–Crippen LogP) is 7.09. The molecule has 0 aromatic heterocycles. The molecule has 0 unspecified atom stereocenters. The number of benzene rings is 2. The van der Waals surface area contributed by atoms with Crippen LogP contribution in [0, 0.1) is 0 Å². The Morgan fingerprint density at radius 3 is 1.52 bits per heavy atom. The Kier molecular flexibility index (Phi) is 13.0. The first-order chi connectivity index (χ1) is 14.8. The molecule has 176 valence electrons. The van der Waals surface area contributed by atoms with Crippen molar-refractivity contribution in [1.82, 2.24) is 0 Å². The van der Waals surface area contributed by atoms with Gasteiger partial charge in [0.25, 0.3) is 10.1 Å². The highest BCUT2D eigenvalue weighted by molar-refractivity contribution is 7.86. The lowest BCUT2D eigenvalue weighted by Gasteiger charge is -2.39. The molecule has 2 rings (SSSR count). The molecule has 0 aliphatic rings. The topological polar surface area (TPSA) is 54.4 Å². The molecule has 0 spiro atoms. The van der Waals surface area contributed by atoms with Crippen LogP contribution in [0.5, 0.6) is 0 Å². The Labute approximate surface area is 191 Å². The Balaban J connectivity index is 0.000000314. The molecule has 31 heavy (non-hydrogen) atoms. The van der Waals surface area contributed by atoms with Crippen molar-refractivity contribution in [3.63, 3.8) is 0 Å². The van der Waals surface area contributed by atoms with E-state index in [1.165, 1.54) is 88.1 Å². The van der Waals surface area contributed by atoms with Crippen LogP contribution in [0.4, 0.5) is 0 Å². The summed E-state index contributed by atoms with van der Waals surface area (Å²) in [5, 5.41) is 1.33. The van der Waals surface area contributed by atoms with Crippen molar-refractivity contribution in [2.24, 2.45) is 0 Å². The van der Waals surface area contributed by atoms with Gasteiger partial charge in [-0.1, -0.05) is 89.8 Å². The zero-order chi connectivity index (χ0) is 23.2. The van der Waals surface area contributed by atoms with Gasteiger partial charge in [0, 0.05) is 5.39 Å². The molecule has 0 fully saturated rings. The SMILES string of the molecule is CCCC[N+](CCCC)(CCCC)CCCC.O=S(=O)(O)c1cccc2ccccc12. The lowest BCUT2D eigenvalue weighted by molar-refractivity contribution is -0.929. The molecule has 0 saturated carbocycles. The van der Waals surface area contributed by atoms with E-state index in [4.69, 9.17) is 4.55 Å². The Morgan fingerprint density at radius 2 is 1.10 bits per heavy atom. The van der Waals surface area contributed by atoms with Gasteiger partial charge in [-0.25, -0.2) is 0 Å². The lowest BCUT2D eigenvalue weighted by Crippen LogP contribution is -2.50. The van der Waals surface area contributed by atoms with Crippen LogP contribution in [0.3, 0.4) is 0 Å². The van der Waals surface area contributed by atoms with Crippen molar-refractivity contribution < 1.29 is 17.5 Å². The van der Waals surface area contributed by atoms with Crippen LogP contribution in [-0.4, -0.2) is 43.6 Å². The van der Waals surface area contributed by atoms with Crippen LogP contribution in [0.2, 0.25) is 0 Å². The Morgan fingerprint density at radius 1 is 0.677 bits per heavy atom.